The molecule has 31 heavy (non-hydrogen) atoms. The maximum absolute atomic E-state index is 13.6. The smallest absolute Gasteiger partial charge is 0.337 e. The highest BCUT2D eigenvalue weighted by Gasteiger charge is 2.34. The number of aromatic nitrogens is 2. The van der Waals surface area contributed by atoms with Crippen LogP contribution in [0.3, 0.4) is 0 Å². The minimum absolute atomic E-state index is 0.129. The van der Waals surface area contributed by atoms with Crippen molar-refractivity contribution in [2.75, 3.05) is 31.1 Å². The molecule has 12 heteroatoms. The predicted octanol–water partition coefficient (Wildman–Crippen LogP) is 2.95. The number of nitrogens with zero attached hydrogens (tertiary/aromatic N) is 6. The number of carbonyl (C=O) groups excluding carboxylic acids is 2. The second-order valence-corrected chi connectivity index (χ2v) is 7.34. The lowest BCUT2D eigenvalue weighted by Crippen LogP contribution is -2.52. The van der Waals surface area contributed by atoms with Crippen molar-refractivity contribution < 1.29 is 22.8 Å². The SMILES string of the molecule is O=C(Cl)c1nc(N2CCN(C(=O)N3N=CC[C@H]3c3cc(F)cc(F)c3)CC2)ncc1F. The van der Waals surface area contributed by atoms with Crippen LogP contribution < -0.4 is 4.90 Å². The fourth-order valence-electron chi connectivity index (χ4n) is 3.53. The molecule has 1 fully saturated rings. The molecule has 1 saturated heterocycles. The summed E-state index contributed by atoms with van der Waals surface area (Å²) in [5.41, 5.74) is -0.193. The Morgan fingerprint density at radius 2 is 1.71 bits per heavy atom. The van der Waals surface area contributed by atoms with E-state index in [2.05, 4.69) is 15.1 Å². The average Bonchev–Trinajstić information content (AvgIpc) is 3.23. The summed E-state index contributed by atoms with van der Waals surface area (Å²) in [4.78, 5) is 35.2. The van der Waals surface area contributed by atoms with Crippen molar-refractivity contribution >= 4 is 35.0 Å². The summed E-state index contributed by atoms with van der Waals surface area (Å²) in [5.74, 6) is -2.23. The van der Waals surface area contributed by atoms with Crippen LogP contribution >= 0.6 is 11.6 Å². The Bertz CT molecular complexity index is 1040. The van der Waals surface area contributed by atoms with Gasteiger partial charge in [0.25, 0.3) is 5.24 Å². The number of rotatable bonds is 3. The van der Waals surface area contributed by atoms with Crippen LogP contribution in [0.1, 0.15) is 28.5 Å². The number of benzene rings is 1. The summed E-state index contributed by atoms with van der Waals surface area (Å²) in [6.45, 7) is 1.20. The number of carbonyl (C=O) groups is 2. The van der Waals surface area contributed by atoms with Gasteiger partial charge in [-0.05, 0) is 29.3 Å². The van der Waals surface area contributed by atoms with Gasteiger partial charge in [0, 0.05) is 44.9 Å². The van der Waals surface area contributed by atoms with Crippen LogP contribution in [0.15, 0.2) is 29.5 Å². The van der Waals surface area contributed by atoms with E-state index >= 15 is 0 Å². The molecular weight excluding hydrogens is 437 g/mol. The molecular formula is C19H16ClF3N6O2. The van der Waals surface area contributed by atoms with Gasteiger partial charge in [-0.25, -0.2) is 32.9 Å². The van der Waals surface area contributed by atoms with Crippen molar-refractivity contribution in [3.63, 3.8) is 0 Å². The number of piperazine rings is 1. The number of hydrogen-bond donors (Lipinski definition) is 0. The number of amides is 2. The lowest BCUT2D eigenvalue weighted by molar-refractivity contribution is 0.107. The van der Waals surface area contributed by atoms with Gasteiger partial charge in [-0.3, -0.25) is 4.79 Å². The summed E-state index contributed by atoms with van der Waals surface area (Å²) < 4.78 is 40.8. The first-order valence-electron chi connectivity index (χ1n) is 9.37. The zero-order chi connectivity index (χ0) is 22.1. The first kappa shape index (κ1) is 21.0. The highest BCUT2D eigenvalue weighted by atomic mass is 35.5. The molecule has 2 aliphatic heterocycles. The van der Waals surface area contributed by atoms with E-state index in [0.29, 0.717) is 25.1 Å². The number of anilines is 1. The van der Waals surface area contributed by atoms with E-state index in [0.717, 1.165) is 12.3 Å². The molecule has 1 aromatic heterocycles. The largest absolute Gasteiger partial charge is 0.341 e. The summed E-state index contributed by atoms with van der Waals surface area (Å²) in [6.07, 6.45) is 2.74. The zero-order valence-corrected chi connectivity index (χ0v) is 16.8. The number of halogens is 4. The molecule has 2 amide bonds. The molecule has 3 heterocycles. The van der Waals surface area contributed by atoms with Gasteiger partial charge in [-0.2, -0.15) is 5.10 Å². The normalized spacial score (nSPS) is 18.6. The molecule has 0 saturated carbocycles. The Kier molecular flexibility index (Phi) is 5.77. The van der Waals surface area contributed by atoms with Gasteiger partial charge in [-0.15, -0.1) is 0 Å². The van der Waals surface area contributed by atoms with E-state index in [9.17, 15) is 22.8 Å². The number of hydrazone groups is 1. The van der Waals surface area contributed by atoms with Crippen LogP contribution in [-0.2, 0) is 0 Å². The maximum atomic E-state index is 13.6. The molecule has 0 radical (unpaired) electrons. The van der Waals surface area contributed by atoms with E-state index in [1.54, 1.807) is 9.80 Å². The second kappa shape index (κ2) is 8.50. The van der Waals surface area contributed by atoms with Crippen molar-refractivity contribution in [2.45, 2.75) is 12.5 Å². The van der Waals surface area contributed by atoms with Gasteiger partial charge >= 0.3 is 6.03 Å². The maximum Gasteiger partial charge on any atom is 0.341 e. The van der Waals surface area contributed by atoms with Crippen LogP contribution in [0.2, 0.25) is 0 Å². The van der Waals surface area contributed by atoms with Gasteiger partial charge in [0.05, 0.1) is 12.2 Å². The van der Waals surface area contributed by atoms with E-state index in [4.69, 9.17) is 11.6 Å². The van der Waals surface area contributed by atoms with E-state index in [1.165, 1.54) is 23.4 Å². The fourth-order valence-corrected chi connectivity index (χ4v) is 3.67. The van der Waals surface area contributed by atoms with Crippen molar-refractivity contribution in [1.82, 2.24) is 19.9 Å². The third-order valence-electron chi connectivity index (χ3n) is 5.05. The molecule has 1 atom stereocenters. The highest BCUT2D eigenvalue weighted by Crippen LogP contribution is 2.30. The Labute approximate surface area is 179 Å². The second-order valence-electron chi connectivity index (χ2n) is 6.99. The first-order valence-corrected chi connectivity index (χ1v) is 9.75. The quantitative estimate of drug-likeness (QED) is 0.669. The molecule has 2 aromatic rings. The van der Waals surface area contributed by atoms with Crippen molar-refractivity contribution in [3.05, 3.63) is 53.1 Å². The highest BCUT2D eigenvalue weighted by molar-refractivity contribution is 6.67. The molecule has 162 valence electrons. The molecule has 0 unspecified atom stereocenters. The van der Waals surface area contributed by atoms with Crippen LogP contribution in [0.4, 0.5) is 23.9 Å². The van der Waals surface area contributed by atoms with Gasteiger partial charge in [-0.1, -0.05) is 0 Å². The van der Waals surface area contributed by atoms with Gasteiger partial charge in [0.2, 0.25) is 5.95 Å². The first-order chi connectivity index (χ1) is 14.8. The summed E-state index contributed by atoms with van der Waals surface area (Å²) >= 11 is 5.33. The molecule has 8 nitrogen and oxygen atoms in total. The molecule has 0 spiro atoms. The third kappa shape index (κ3) is 4.31. The number of urea groups is 1. The van der Waals surface area contributed by atoms with Gasteiger partial charge < -0.3 is 9.80 Å². The molecule has 0 aliphatic carbocycles. The number of hydrogen-bond acceptors (Lipinski definition) is 6. The Balaban J connectivity index is 1.44. The van der Waals surface area contributed by atoms with Crippen molar-refractivity contribution in [3.8, 4) is 0 Å². The van der Waals surface area contributed by atoms with Crippen molar-refractivity contribution in [1.29, 1.82) is 0 Å². The molecule has 2 aliphatic rings. The van der Waals surface area contributed by atoms with Crippen LogP contribution in [0.5, 0.6) is 0 Å². The van der Waals surface area contributed by atoms with Crippen LogP contribution in [-0.4, -0.2) is 63.5 Å². The fraction of sp³-hybridized carbons (Fsp3) is 0.316. The molecule has 4 rings (SSSR count). The Hall–Kier alpha value is -3.21. The van der Waals surface area contributed by atoms with E-state index in [1.807, 2.05) is 0 Å². The summed E-state index contributed by atoms with van der Waals surface area (Å²) in [5, 5.41) is 4.27. The standard InChI is InChI=1S/C19H16ClF3N6O2/c20-17(30)16-14(23)10-24-18(26-16)27-3-5-28(6-4-27)19(31)29-15(1-2-25-29)11-7-12(21)9-13(22)8-11/h2,7-10,15H,1,3-6H2/t15-/m0/s1. The minimum Gasteiger partial charge on any atom is -0.337 e. The monoisotopic (exact) mass is 452 g/mol. The molecule has 1 aromatic carbocycles. The third-order valence-corrected chi connectivity index (χ3v) is 5.23. The predicted molar refractivity (Wildman–Crippen MR) is 105 cm³/mol. The Morgan fingerprint density at radius 1 is 1.03 bits per heavy atom. The van der Waals surface area contributed by atoms with Crippen molar-refractivity contribution in [2.24, 2.45) is 5.10 Å². The minimum atomic E-state index is -1.03. The molecule has 0 bridgehead atoms. The zero-order valence-electron chi connectivity index (χ0n) is 16.0. The molecule has 0 N–H and O–H groups in total. The Morgan fingerprint density at radius 3 is 2.35 bits per heavy atom. The van der Waals surface area contributed by atoms with Crippen LogP contribution in [0.25, 0.3) is 0 Å². The lowest BCUT2D eigenvalue weighted by Gasteiger charge is -2.37. The van der Waals surface area contributed by atoms with Gasteiger partial charge in [0.1, 0.15) is 11.6 Å². The lowest BCUT2D eigenvalue weighted by atomic mass is 10.0. The topological polar surface area (TPSA) is 82.0 Å². The average molecular weight is 453 g/mol. The van der Waals surface area contributed by atoms with E-state index < -0.39 is 40.5 Å². The summed E-state index contributed by atoms with van der Waals surface area (Å²) in [6, 6.07) is 2.13. The van der Waals surface area contributed by atoms with E-state index in [-0.39, 0.29) is 19.0 Å². The summed E-state index contributed by atoms with van der Waals surface area (Å²) in [7, 11) is 0. The van der Waals surface area contributed by atoms with Gasteiger partial charge in [0.15, 0.2) is 11.5 Å². The van der Waals surface area contributed by atoms with Crippen LogP contribution in [0, 0.1) is 17.5 Å².